The number of primary amides is 1. The molecule has 7 heteroatoms. The molecule has 1 fully saturated rings. The molecule has 2 aromatic heterocycles. The van der Waals surface area contributed by atoms with Crippen LogP contribution in [0.25, 0.3) is 11.0 Å². The van der Waals surface area contributed by atoms with Crippen molar-refractivity contribution < 1.29 is 9.90 Å². The Kier molecular flexibility index (Phi) is 2.86. The first-order valence-corrected chi connectivity index (χ1v) is 6.68. The van der Waals surface area contributed by atoms with Crippen LogP contribution in [0.1, 0.15) is 42.5 Å². The van der Waals surface area contributed by atoms with Crippen LogP contribution in [0.4, 0.5) is 5.82 Å². The molecule has 0 bridgehead atoms. The Morgan fingerprint density at radius 3 is 2.70 bits per heavy atom. The number of amides is 1. The molecule has 1 aliphatic rings. The average Bonchev–Trinajstić information content (AvgIpc) is 2.77. The second-order valence-corrected chi connectivity index (χ2v) is 5.30. The van der Waals surface area contributed by atoms with Crippen LogP contribution in [-0.4, -0.2) is 25.8 Å². The molecule has 2 heterocycles. The average molecular weight is 275 g/mol. The Morgan fingerprint density at radius 2 is 2.05 bits per heavy atom. The van der Waals surface area contributed by atoms with Gasteiger partial charge in [0.2, 0.25) is 5.91 Å². The van der Waals surface area contributed by atoms with Crippen LogP contribution in [-0.2, 0) is 5.72 Å². The molecular weight excluding hydrogens is 258 g/mol. The monoisotopic (exact) mass is 275 g/mol. The van der Waals surface area contributed by atoms with Gasteiger partial charge in [0.05, 0.1) is 10.9 Å². The molecule has 0 radical (unpaired) electrons. The summed E-state index contributed by atoms with van der Waals surface area (Å²) >= 11 is 0. The molecule has 20 heavy (non-hydrogen) atoms. The fourth-order valence-electron chi connectivity index (χ4n) is 2.78. The van der Waals surface area contributed by atoms with Gasteiger partial charge in [-0.25, -0.2) is 9.67 Å². The van der Waals surface area contributed by atoms with E-state index in [0.717, 1.165) is 19.3 Å². The first kappa shape index (κ1) is 12.9. The third-order valence-electron chi connectivity index (χ3n) is 3.88. The Hall–Kier alpha value is -2.15. The van der Waals surface area contributed by atoms with Gasteiger partial charge in [0, 0.05) is 6.20 Å². The lowest BCUT2D eigenvalue weighted by Crippen LogP contribution is -2.36. The molecule has 106 valence electrons. The first-order valence-electron chi connectivity index (χ1n) is 6.68. The second kappa shape index (κ2) is 4.45. The molecule has 0 aliphatic heterocycles. The first-order chi connectivity index (χ1) is 9.51. The minimum atomic E-state index is -1.05. The molecule has 2 aromatic rings. The number of aromatic nitrogens is 3. The highest BCUT2D eigenvalue weighted by Crippen LogP contribution is 2.35. The van der Waals surface area contributed by atoms with Crippen LogP contribution < -0.4 is 11.5 Å². The number of hydrogen-bond acceptors (Lipinski definition) is 5. The van der Waals surface area contributed by atoms with Crippen molar-refractivity contribution >= 4 is 22.8 Å². The van der Waals surface area contributed by atoms with Gasteiger partial charge in [-0.3, -0.25) is 4.79 Å². The Bertz CT molecular complexity index is 673. The number of carbonyl (C=O) groups is 1. The van der Waals surface area contributed by atoms with Gasteiger partial charge in [-0.05, 0) is 31.7 Å². The summed E-state index contributed by atoms with van der Waals surface area (Å²) in [6.45, 7) is 0. The van der Waals surface area contributed by atoms with Crippen molar-refractivity contribution in [3.63, 3.8) is 0 Å². The number of nitrogens with zero attached hydrogens (tertiary/aromatic N) is 3. The van der Waals surface area contributed by atoms with Gasteiger partial charge in [0.15, 0.2) is 17.2 Å². The lowest BCUT2D eigenvalue weighted by atomic mass is 9.92. The van der Waals surface area contributed by atoms with Gasteiger partial charge >= 0.3 is 0 Å². The molecule has 0 saturated heterocycles. The number of carbonyl (C=O) groups excluding carboxylic acids is 1. The topological polar surface area (TPSA) is 120 Å². The second-order valence-electron chi connectivity index (χ2n) is 5.30. The summed E-state index contributed by atoms with van der Waals surface area (Å²) in [4.78, 5) is 15.4. The zero-order valence-corrected chi connectivity index (χ0v) is 11.0. The predicted molar refractivity (Wildman–Crippen MR) is 73.7 cm³/mol. The molecule has 5 N–H and O–H groups in total. The van der Waals surface area contributed by atoms with Crippen LogP contribution in [0.5, 0.6) is 0 Å². The summed E-state index contributed by atoms with van der Waals surface area (Å²) in [5.41, 5.74) is 10.8. The van der Waals surface area contributed by atoms with Crippen molar-refractivity contribution in [2.75, 3.05) is 5.73 Å². The normalized spacial score (nSPS) is 18.2. The summed E-state index contributed by atoms with van der Waals surface area (Å²) in [6.07, 6.45) is 5.63. The zero-order chi connectivity index (χ0) is 14.3. The van der Waals surface area contributed by atoms with Crippen molar-refractivity contribution in [2.45, 2.75) is 37.8 Å². The number of aliphatic hydroxyl groups is 1. The SMILES string of the molecule is NC(=O)c1cnc2c(c1)c(N)nn2C1(O)CCCCC1. The number of pyridine rings is 1. The Morgan fingerprint density at radius 1 is 1.35 bits per heavy atom. The maximum atomic E-state index is 11.2. The molecule has 0 unspecified atom stereocenters. The van der Waals surface area contributed by atoms with Crippen LogP contribution in [0.3, 0.4) is 0 Å². The molecular formula is C13H17N5O2. The zero-order valence-electron chi connectivity index (χ0n) is 11.0. The largest absolute Gasteiger partial charge is 0.382 e. The van der Waals surface area contributed by atoms with Crippen LogP contribution in [0.15, 0.2) is 12.3 Å². The van der Waals surface area contributed by atoms with E-state index in [-0.39, 0.29) is 11.4 Å². The minimum absolute atomic E-state index is 0.245. The van der Waals surface area contributed by atoms with E-state index in [4.69, 9.17) is 11.5 Å². The van der Waals surface area contributed by atoms with Crippen molar-refractivity contribution in [3.8, 4) is 0 Å². The van der Waals surface area contributed by atoms with Gasteiger partial charge in [0.25, 0.3) is 0 Å². The third-order valence-corrected chi connectivity index (χ3v) is 3.88. The number of nitrogen functional groups attached to an aromatic ring is 1. The number of hydrogen-bond donors (Lipinski definition) is 3. The molecule has 0 atom stereocenters. The van der Waals surface area contributed by atoms with Crippen molar-refractivity contribution in [3.05, 3.63) is 17.8 Å². The van der Waals surface area contributed by atoms with Crippen LogP contribution in [0, 0.1) is 0 Å². The van der Waals surface area contributed by atoms with Crippen LogP contribution in [0.2, 0.25) is 0 Å². The van der Waals surface area contributed by atoms with Gasteiger partial charge < -0.3 is 16.6 Å². The quantitative estimate of drug-likeness (QED) is 0.746. The summed E-state index contributed by atoms with van der Waals surface area (Å²) in [7, 11) is 0. The number of anilines is 1. The number of rotatable bonds is 2. The Labute approximate surface area is 115 Å². The highest BCUT2D eigenvalue weighted by Gasteiger charge is 2.34. The summed E-state index contributed by atoms with van der Waals surface area (Å²) in [5, 5.41) is 15.5. The Balaban J connectivity index is 2.15. The van der Waals surface area contributed by atoms with E-state index in [1.807, 2.05) is 0 Å². The molecule has 0 spiro atoms. The lowest BCUT2D eigenvalue weighted by Gasteiger charge is -2.32. The fraction of sp³-hybridized carbons (Fsp3) is 0.462. The van der Waals surface area contributed by atoms with Crippen LogP contribution >= 0.6 is 0 Å². The smallest absolute Gasteiger partial charge is 0.250 e. The van der Waals surface area contributed by atoms with Gasteiger partial charge in [0.1, 0.15) is 0 Å². The summed E-state index contributed by atoms with van der Waals surface area (Å²) in [5.74, 6) is -0.322. The summed E-state index contributed by atoms with van der Waals surface area (Å²) < 4.78 is 1.49. The number of fused-ring (bicyclic) bond motifs is 1. The highest BCUT2D eigenvalue weighted by atomic mass is 16.3. The van der Waals surface area contributed by atoms with E-state index in [9.17, 15) is 9.90 Å². The van der Waals surface area contributed by atoms with Crippen molar-refractivity contribution in [1.82, 2.24) is 14.8 Å². The third kappa shape index (κ3) is 1.90. The molecule has 3 rings (SSSR count). The fourth-order valence-corrected chi connectivity index (χ4v) is 2.78. The molecule has 1 saturated carbocycles. The van der Waals surface area contributed by atoms with E-state index in [1.165, 1.54) is 10.9 Å². The predicted octanol–water partition coefficient (Wildman–Crippen LogP) is 0.722. The summed E-state index contributed by atoms with van der Waals surface area (Å²) in [6, 6.07) is 1.57. The van der Waals surface area contributed by atoms with Crippen molar-refractivity contribution in [1.29, 1.82) is 0 Å². The highest BCUT2D eigenvalue weighted by molar-refractivity contribution is 5.98. The molecule has 1 amide bonds. The van der Waals surface area contributed by atoms with Gasteiger partial charge in [-0.2, -0.15) is 5.10 Å². The minimum Gasteiger partial charge on any atom is -0.382 e. The molecule has 0 aromatic carbocycles. The molecule has 7 nitrogen and oxygen atoms in total. The standard InChI is InChI=1S/C13H17N5O2/c14-10-9-6-8(11(15)19)7-16-12(9)18(17-10)13(20)4-2-1-3-5-13/h6-7,20H,1-5H2,(H2,14,17)(H2,15,19). The van der Waals surface area contributed by atoms with E-state index in [1.54, 1.807) is 6.07 Å². The van der Waals surface area contributed by atoms with Gasteiger partial charge in [-0.15, -0.1) is 0 Å². The van der Waals surface area contributed by atoms with E-state index >= 15 is 0 Å². The van der Waals surface area contributed by atoms with Crippen molar-refractivity contribution in [2.24, 2.45) is 5.73 Å². The molecule has 1 aliphatic carbocycles. The maximum Gasteiger partial charge on any atom is 0.250 e. The van der Waals surface area contributed by atoms with E-state index in [2.05, 4.69) is 10.1 Å². The van der Waals surface area contributed by atoms with E-state index < -0.39 is 11.6 Å². The lowest BCUT2D eigenvalue weighted by molar-refractivity contribution is -0.0759. The number of nitrogens with two attached hydrogens (primary N) is 2. The maximum absolute atomic E-state index is 11.2. The van der Waals surface area contributed by atoms with E-state index in [0.29, 0.717) is 23.9 Å². The van der Waals surface area contributed by atoms with Gasteiger partial charge in [-0.1, -0.05) is 6.42 Å².